The highest BCUT2D eigenvalue weighted by atomic mass is 16.5. The standard InChI is InChI=1S/C23H30N4O5/c1-5-27(12-10-24-19-14-20(28)26(4)23(30)25(19)3)11-7-13-31-17-8-6-9-18-21(17)22(29)16(2)15-32-18/h6,8-9,14-15,24H,5,7,10-13H2,1-4H3. The van der Waals surface area contributed by atoms with Gasteiger partial charge in [0, 0.05) is 45.4 Å². The number of hydrogen-bond acceptors (Lipinski definition) is 7. The van der Waals surface area contributed by atoms with Crippen LogP contribution in [-0.4, -0.2) is 46.8 Å². The summed E-state index contributed by atoms with van der Waals surface area (Å²) >= 11 is 0. The summed E-state index contributed by atoms with van der Waals surface area (Å²) in [6.45, 7) is 7.28. The molecule has 0 aliphatic carbocycles. The number of ether oxygens (including phenoxy) is 1. The molecule has 2 aromatic heterocycles. The second-order valence-corrected chi connectivity index (χ2v) is 7.71. The highest BCUT2D eigenvalue weighted by Gasteiger charge is 2.11. The topological polar surface area (TPSA) is 98.7 Å². The zero-order valence-electron chi connectivity index (χ0n) is 19.0. The number of benzene rings is 1. The molecule has 1 aromatic carbocycles. The van der Waals surface area contributed by atoms with E-state index in [4.69, 9.17) is 9.15 Å². The van der Waals surface area contributed by atoms with Crippen LogP contribution in [0.25, 0.3) is 11.0 Å². The van der Waals surface area contributed by atoms with Crippen LogP contribution in [0, 0.1) is 6.92 Å². The van der Waals surface area contributed by atoms with E-state index < -0.39 is 0 Å². The molecular formula is C23H30N4O5. The number of rotatable bonds is 10. The summed E-state index contributed by atoms with van der Waals surface area (Å²) in [5, 5.41) is 3.64. The highest BCUT2D eigenvalue weighted by molar-refractivity contribution is 5.83. The summed E-state index contributed by atoms with van der Waals surface area (Å²) in [5.74, 6) is 1.04. The van der Waals surface area contributed by atoms with E-state index in [1.807, 2.05) is 6.07 Å². The zero-order chi connectivity index (χ0) is 23.3. The van der Waals surface area contributed by atoms with Crippen molar-refractivity contribution < 1.29 is 9.15 Å². The summed E-state index contributed by atoms with van der Waals surface area (Å²) < 4.78 is 13.9. The van der Waals surface area contributed by atoms with Gasteiger partial charge in [0.1, 0.15) is 22.5 Å². The van der Waals surface area contributed by atoms with Crippen LogP contribution in [0.5, 0.6) is 5.75 Å². The molecule has 9 nitrogen and oxygen atoms in total. The summed E-state index contributed by atoms with van der Waals surface area (Å²) in [7, 11) is 3.09. The largest absolute Gasteiger partial charge is 0.493 e. The molecule has 0 aliphatic rings. The number of fused-ring (bicyclic) bond motifs is 1. The van der Waals surface area contributed by atoms with E-state index >= 15 is 0 Å². The lowest BCUT2D eigenvalue weighted by Crippen LogP contribution is -2.38. The second-order valence-electron chi connectivity index (χ2n) is 7.71. The van der Waals surface area contributed by atoms with Gasteiger partial charge in [-0.25, -0.2) is 4.79 Å². The van der Waals surface area contributed by atoms with Gasteiger partial charge in [-0.15, -0.1) is 0 Å². The van der Waals surface area contributed by atoms with E-state index in [0.717, 1.165) is 30.6 Å². The Morgan fingerprint density at radius 3 is 2.66 bits per heavy atom. The number of anilines is 1. The summed E-state index contributed by atoms with van der Waals surface area (Å²) in [6, 6.07) is 6.78. The molecule has 0 bridgehead atoms. The predicted molar refractivity (Wildman–Crippen MR) is 125 cm³/mol. The van der Waals surface area contributed by atoms with Crippen molar-refractivity contribution >= 4 is 16.8 Å². The number of aromatic nitrogens is 2. The summed E-state index contributed by atoms with van der Waals surface area (Å²) in [6.07, 6.45) is 2.25. The Balaban J connectivity index is 1.51. The summed E-state index contributed by atoms with van der Waals surface area (Å²) in [5.41, 5.74) is 0.296. The van der Waals surface area contributed by atoms with Gasteiger partial charge < -0.3 is 19.4 Å². The molecule has 0 atom stereocenters. The molecule has 3 rings (SSSR count). The fourth-order valence-corrected chi connectivity index (χ4v) is 3.50. The number of nitrogens with one attached hydrogen (secondary N) is 1. The average Bonchev–Trinajstić information content (AvgIpc) is 2.79. The maximum Gasteiger partial charge on any atom is 0.332 e. The van der Waals surface area contributed by atoms with Crippen molar-refractivity contribution in [1.29, 1.82) is 0 Å². The molecule has 0 fully saturated rings. The highest BCUT2D eigenvalue weighted by Crippen LogP contribution is 2.23. The van der Waals surface area contributed by atoms with Crippen LogP contribution in [0.4, 0.5) is 5.82 Å². The fourth-order valence-electron chi connectivity index (χ4n) is 3.50. The Labute approximate surface area is 185 Å². The van der Waals surface area contributed by atoms with E-state index in [1.165, 1.54) is 23.9 Å². The lowest BCUT2D eigenvalue weighted by Gasteiger charge is -2.21. The first kappa shape index (κ1) is 23.3. The van der Waals surface area contributed by atoms with Gasteiger partial charge in [0.2, 0.25) is 0 Å². The molecule has 172 valence electrons. The van der Waals surface area contributed by atoms with Crippen molar-refractivity contribution in [2.24, 2.45) is 14.1 Å². The molecule has 1 N–H and O–H groups in total. The van der Waals surface area contributed by atoms with E-state index in [2.05, 4.69) is 17.1 Å². The van der Waals surface area contributed by atoms with E-state index in [-0.39, 0.29) is 16.7 Å². The van der Waals surface area contributed by atoms with E-state index in [9.17, 15) is 14.4 Å². The van der Waals surface area contributed by atoms with Gasteiger partial charge in [0.15, 0.2) is 5.43 Å². The maximum absolute atomic E-state index is 12.5. The number of aryl methyl sites for hydroxylation is 1. The third kappa shape index (κ3) is 5.11. The van der Waals surface area contributed by atoms with Crippen molar-refractivity contribution in [3.05, 3.63) is 67.2 Å². The van der Waals surface area contributed by atoms with Crippen molar-refractivity contribution in [2.45, 2.75) is 20.3 Å². The molecule has 3 aromatic rings. The first-order valence-corrected chi connectivity index (χ1v) is 10.7. The quantitative estimate of drug-likeness (QED) is 0.477. The monoisotopic (exact) mass is 442 g/mol. The van der Waals surface area contributed by atoms with Crippen LogP contribution in [0.3, 0.4) is 0 Å². The Morgan fingerprint density at radius 2 is 1.91 bits per heavy atom. The van der Waals surface area contributed by atoms with Crippen LogP contribution in [-0.2, 0) is 14.1 Å². The minimum atomic E-state index is -0.359. The lowest BCUT2D eigenvalue weighted by atomic mass is 10.1. The Morgan fingerprint density at radius 1 is 1.12 bits per heavy atom. The fraction of sp³-hybridized carbons (Fsp3) is 0.435. The average molecular weight is 443 g/mol. The molecule has 0 aliphatic heterocycles. The minimum Gasteiger partial charge on any atom is -0.493 e. The Hall–Kier alpha value is -3.33. The predicted octanol–water partition coefficient (Wildman–Crippen LogP) is 1.70. The molecule has 0 spiro atoms. The normalized spacial score (nSPS) is 11.3. The Bertz CT molecular complexity index is 1260. The maximum atomic E-state index is 12.5. The summed E-state index contributed by atoms with van der Waals surface area (Å²) in [4.78, 5) is 38.6. The van der Waals surface area contributed by atoms with Crippen molar-refractivity contribution in [1.82, 2.24) is 14.0 Å². The van der Waals surface area contributed by atoms with Crippen LogP contribution >= 0.6 is 0 Å². The van der Waals surface area contributed by atoms with Gasteiger partial charge in [-0.1, -0.05) is 13.0 Å². The molecule has 0 unspecified atom stereocenters. The zero-order valence-corrected chi connectivity index (χ0v) is 19.0. The van der Waals surface area contributed by atoms with Crippen molar-refractivity contribution in [3.8, 4) is 5.75 Å². The molecule has 0 amide bonds. The van der Waals surface area contributed by atoms with Gasteiger partial charge in [-0.3, -0.25) is 18.7 Å². The Kier molecular flexibility index (Phi) is 7.53. The van der Waals surface area contributed by atoms with Crippen molar-refractivity contribution in [3.63, 3.8) is 0 Å². The number of likely N-dealkylation sites (N-methyl/N-ethyl adjacent to an activating group) is 1. The molecule has 32 heavy (non-hydrogen) atoms. The van der Waals surface area contributed by atoms with E-state index in [1.54, 1.807) is 26.1 Å². The SMILES string of the molecule is CCN(CCCOc1cccc2occ(C)c(=O)c12)CCNc1cc(=O)n(C)c(=O)n1C. The van der Waals surface area contributed by atoms with Gasteiger partial charge in [-0.05, 0) is 32.0 Å². The lowest BCUT2D eigenvalue weighted by molar-refractivity contribution is 0.248. The molecule has 9 heteroatoms. The second kappa shape index (κ2) is 10.3. The third-order valence-corrected chi connectivity index (χ3v) is 5.52. The van der Waals surface area contributed by atoms with Gasteiger partial charge in [-0.2, -0.15) is 0 Å². The third-order valence-electron chi connectivity index (χ3n) is 5.52. The van der Waals surface area contributed by atoms with Crippen molar-refractivity contribution in [2.75, 3.05) is 38.1 Å². The van der Waals surface area contributed by atoms with Crippen LogP contribution in [0.2, 0.25) is 0 Å². The first-order chi connectivity index (χ1) is 15.3. The molecule has 0 saturated heterocycles. The molecule has 2 heterocycles. The van der Waals surface area contributed by atoms with Crippen LogP contribution in [0.15, 0.2) is 49.3 Å². The van der Waals surface area contributed by atoms with E-state index in [0.29, 0.717) is 41.3 Å². The van der Waals surface area contributed by atoms with Crippen LogP contribution < -0.4 is 26.7 Å². The molecular weight excluding hydrogens is 412 g/mol. The van der Waals surface area contributed by atoms with Crippen LogP contribution in [0.1, 0.15) is 18.9 Å². The molecule has 0 saturated carbocycles. The number of hydrogen-bond donors (Lipinski definition) is 1. The first-order valence-electron chi connectivity index (χ1n) is 10.7. The minimum absolute atomic E-state index is 0.0757. The van der Waals surface area contributed by atoms with Gasteiger partial charge in [0.05, 0.1) is 12.9 Å². The van der Waals surface area contributed by atoms with Gasteiger partial charge in [0.25, 0.3) is 5.56 Å². The van der Waals surface area contributed by atoms with Gasteiger partial charge >= 0.3 is 5.69 Å². The number of nitrogens with zero attached hydrogens (tertiary/aromatic N) is 3. The smallest absolute Gasteiger partial charge is 0.332 e. The molecule has 0 radical (unpaired) electrons.